The van der Waals surface area contributed by atoms with Crippen molar-refractivity contribution in [2.75, 3.05) is 19.3 Å². The van der Waals surface area contributed by atoms with Crippen LogP contribution in [-0.2, 0) is 0 Å². The maximum absolute atomic E-state index is 13.1. The van der Waals surface area contributed by atoms with Gasteiger partial charge in [0.05, 0.1) is 28.8 Å². The number of para-hydroxylation sites is 1. The van der Waals surface area contributed by atoms with Gasteiger partial charge < -0.3 is 4.90 Å². The predicted molar refractivity (Wildman–Crippen MR) is 108 cm³/mol. The highest BCUT2D eigenvalue weighted by Crippen LogP contribution is 2.26. The molecule has 0 radical (unpaired) electrons. The van der Waals surface area contributed by atoms with E-state index in [1.165, 1.54) is 0 Å². The second-order valence-corrected chi connectivity index (χ2v) is 7.57. The molecule has 5 nitrogen and oxygen atoms in total. The lowest BCUT2D eigenvalue weighted by molar-refractivity contribution is 0.0674. The predicted octanol–water partition coefficient (Wildman–Crippen LogP) is 3.60. The number of fused-ring (bicyclic) bond motifs is 1. The Balaban J connectivity index is 1.63. The Morgan fingerprint density at radius 1 is 1.15 bits per heavy atom. The molecule has 4 rings (SSSR count). The molecule has 3 aromatic rings. The van der Waals surface area contributed by atoms with Crippen molar-refractivity contribution in [2.45, 2.75) is 23.8 Å². The smallest absolute Gasteiger partial charge is 0.261 e. The van der Waals surface area contributed by atoms with Gasteiger partial charge in [0, 0.05) is 18.0 Å². The number of aromatic nitrogens is 2. The monoisotopic (exact) mass is 379 g/mol. The van der Waals surface area contributed by atoms with Crippen LogP contribution in [0.3, 0.4) is 0 Å². The van der Waals surface area contributed by atoms with Crippen LogP contribution in [0.1, 0.15) is 29.2 Å². The van der Waals surface area contributed by atoms with Gasteiger partial charge in [-0.05, 0) is 43.4 Å². The summed E-state index contributed by atoms with van der Waals surface area (Å²) in [5.74, 6) is 0.0337. The Morgan fingerprint density at radius 3 is 2.78 bits per heavy atom. The molecule has 0 spiro atoms. The van der Waals surface area contributed by atoms with Crippen molar-refractivity contribution in [1.29, 1.82) is 0 Å². The zero-order chi connectivity index (χ0) is 18.8. The lowest BCUT2D eigenvalue weighted by Crippen LogP contribution is -2.43. The summed E-state index contributed by atoms with van der Waals surface area (Å²) in [6.45, 7) is 1.25. The highest BCUT2D eigenvalue weighted by atomic mass is 32.2. The molecule has 1 aliphatic rings. The van der Waals surface area contributed by atoms with E-state index in [2.05, 4.69) is 4.98 Å². The van der Waals surface area contributed by atoms with Crippen LogP contribution in [0.4, 0.5) is 0 Å². The summed E-state index contributed by atoms with van der Waals surface area (Å²) in [5, 5.41) is 0.621. The quantitative estimate of drug-likeness (QED) is 0.653. The van der Waals surface area contributed by atoms with Crippen LogP contribution in [0.25, 0.3) is 10.9 Å². The molecule has 0 N–H and O–H groups in total. The Labute approximate surface area is 162 Å². The van der Waals surface area contributed by atoms with Crippen LogP contribution >= 0.6 is 11.8 Å². The molecule has 2 heterocycles. The molecule has 1 atom stereocenters. The summed E-state index contributed by atoms with van der Waals surface area (Å²) in [6.07, 6.45) is 5.34. The van der Waals surface area contributed by atoms with Crippen LogP contribution in [0.15, 0.2) is 64.5 Å². The zero-order valence-electron chi connectivity index (χ0n) is 15.2. The maximum atomic E-state index is 13.1. The lowest BCUT2D eigenvalue weighted by Gasteiger charge is -2.34. The summed E-state index contributed by atoms with van der Waals surface area (Å²) in [5.41, 5.74) is 1.40. The van der Waals surface area contributed by atoms with Crippen LogP contribution in [-0.4, -0.2) is 39.7 Å². The Morgan fingerprint density at radius 2 is 1.93 bits per heavy atom. The molecule has 1 saturated heterocycles. The van der Waals surface area contributed by atoms with E-state index in [0.717, 1.165) is 23.3 Å². The highest BCUT2D eigenvalue weighted by Gasteiger charge is 2.27. The fraction of sp³-hybridized carbons (Fsp3) is 0.286. The van der Waals surface area contributed by atoms with Crippen molar-refractivity contribution < 1.29 is 4.79 Å². The molecule has 1 fully saturated rings. The number of benzene rings is 2. The van der Waals surface area contributed by atoms with Gasteiger partial charge in [-0.25, -0.2) is 4.98 Å². The molecular weight excluding hydrogens is 358 g/mol. The Bertz CT molecular complexity index is 1050. The van der Waals surface area contributed by atoms with Crippen molar-refractivity contribution >= 4 is 28.6 Å². The van der Waals surface area contributed by atoms with Crippen LogP contribution in [0.2, 0.25) is 0 Å². The third-order valence-corrected chi connectivity index (χ3v) is 5.90. The molecular formula is C21H21N3O2S. The highest BCUT2D eigenvalue weighted by molar-refractivity contribution is 7.98. The van der Waals surface area contributed by atoms with E-state index in [1.54, 1.807) is 22.7 Å². The van der Waals surface area contributed by atoms with E-state index in [-0.39, 0.29) is 17.5 Å². The second-order valence-electron chi connectivity index (χ2n) is 6.72. The van der Waals surface area contributed by atoms with Gasteiger partial charge in [0.2, 0.25) is 0 Å². The number of hydrogen-bond acceptors (Lipinski definition) is 4. The van der Waals surface area contributed by atoms with E-state index in [1.807, 2.05) is 59.7 Å². The van der Waals surface area contributed by atoms with Crippen LogP contribution in [0.5, 0.6) is 0 Å². The van der Waals surface area contributed by atoms with Gasteiger partial charge in [-0.15, -0.1) is 11.8 Å². The van der Waals surface area contributed by atoms with E-state index < -0.39 is 0 Å². The first-order valence-corrected chi connectivity index (χ1v) is 10.3. The Hall–Kier alpha value is -2.60. The average Bonchev–Trinajstić information content (AvgIpc) is 2.73. The minimum Gasteiger partial charge on any atom is -0.337 e. The zero-order valence-corrected chi connectivity index (χ0v) is 16.0. The molecule has 1 amide bonds. The van der Waals surface area contributed by atoms with Gasteiger partial charge in [-0.1, -0.05) is 24.3 Å². The standard InChI is InChI=1S/C21H21N3O2S/c1-27-19-11-5-3-9-17(19)20(25)23-12-6-7-15(13-23)24-14-22-18-10-4-2-8-16(18)21(24)26/h2-5,8-11,14-15H,6-7,12-13H2,1H3. The van der Waals surface area contributed by atoms with Crippen molar-refractivity contribution in [3.05, 3.63) is 70.8 Å². The average molecular weight is 379 g/mol. The number of amides is 1. The third-order valence-electron chi connectivity index (χ3n) is 5.10. The van der Waals surface area contributed by atoms with Gasteiger partial charge in [-0.2, -0.15) is 0 Å². The molecule has 1 unspecified atom stereocenters. The number of piperidine rings is 1. The number of carbonyl (C=O) groups excluding carboxylic acids is 1. The number of rotatable bonds is 3. The molecule has 1 aliphatic heterocycles. The molecule has 27 heavy (non-hydrogen) atoms. The normalized spacial score (nSPS) is 17.2. The molecule has 0 saturated carbocycles. The molecule has 2 aromatic carbocycles. The van der Waals surface area contributed by atoms with Crippen LogP contribution in [0, 0.1) is 0 Å². The summed E-state index contributed by atoms with van der Waals surface area (Å²) >= 11 is 1.58. The van der Waals surface area contributed by atoms with Crippen molar-refractivity contribution in [2.24, 2.45) is 0 Å². The summed E-state index contributed by atoms with van der Waals surface area (Å²) < 4.78 is 1.70. The van der Waals surface area contributed by atoms with E-state index >= 15 is 0 Å². The first kappa shape index (κ1) is 17.8. The number of hydrogen-bond donors (Lipinski definition) is 0. The molecule has 138 valence electrons. The first-order valence-electron chi connectivity index (χ1n) is 9.07. The van der Waals surface area contributed by atoms with Crippen molar-refractivity contribution in [1.82, 2.24) is 14.5 Å². The maximum Gasteiger partial charge on any atom is 0.261 e. The second kappa shape index (κ2) is 7.56. The van der Waals surface area contributed by atoms with Crippen LogP contribution < -0.4 is 5.56 Å². The van der Waals surface area contributed by atoms with Crippen molar-refractivity contribution in [3.63, 3.8) is 0 Å². The summed E-state index contributed by atoms with van der Waals surface area (Å²) in [4.78, 5) is 33.2. The topological polar surface area (TPSA) is 55.2 Å². The molecule has 1 aromatic heterocycles. The Kier molecular flexibility index (Phi) is 4.99. The molecule has 0 bridgehead atoms. The number of likely N-dealkylation sites (tertiary alicyclic amines) is 1. The van der Waals surface area contributed by atoms with Gasteiger partial charge in [-0.3, -0.25) is 14.2 Å². The van der Waals surface area contributed by atoms with Crippen molar-refractivity contribution in [3.8, 4) is 0 Å². The number of thioether (sulfide) groups is 1. The molecule has 6 heteroatoms. The fourth-order valence-corrected chi connectivity index (χ4v) is 4.29. The summed E-state index contributed by atoms with van der Waals surface area (Å²) in [6, 6.07) is 15.0. The molecule has 0 aliphatic carbocycles. The van der Waals surface area contributed by atoms with E-state index in [0.29, 0.717) is 24.0 Å². The third kappa shape index (κ3) is 3.37. The minimum absolute atomic E-state index is 0.0337. The van der Waals surface area contributed by atoms with E-state index in [4.69, 9.17) is 0 Å². The van der Waals surface area contributed by atoms with E-state index in [9.17, 15) is 9.59 Å². The number of carbonyl (C=O) groups is 1. The first-order chi connectivity index (χ1) is 13.2. The van der Waals surface area contributed by atoms with Gasteiger partial charge in [0.1, 0.15) is 0 Å². The lowest BCUT2D eigenvalue weighted by atomic mass is 10.0. The van der Waals surface area contributed by atoms with Gasteiger partial charge in [0.25, 0.3) is 11.5 Å². The SMILES string of the molecule is CSc1ccccc1C(=O)N1CCCC(n2cnc3ccccc3c2=O)C1. The fourth-order valence-electron chi connectivity index (χ4n) is 3.70. The van der Waals surface area contributed by atoms with Gasteiger partial charge >= 0.3 is 0 Å². The minimum atomic E-state index is -0.0475. The largest absolute Gasteiger partial charge is 0.337 e. The number of nitrogens with zero attached hydrogens (tertiary/aromatic N) is 3. The summed E-state index contributed by atoms with van der Waals surface area (Å²) in [7, 11) is 0. The van der Waals surface area contributed by atoms with Gasteiger partial charge in [0.15, 0.2) is 0 Å².